The number of aromatic nitrogens is 2. The summed E-state index contributed by atoms with van der Waals surface area (Å²) in [6.45, 7) is 5.43. The van der Waals surface area contributed by atoms with Gasteiger partial charge in [0, 0.05) is 0 Å². The minimum Gasteiger partial charge on any atom is -0.489 e. The van der Waals surface area contributed by atoms with Crippen molar-refractivity contribution in [3.8, 4) is 11.4 Å². The monoisotopic (exact) mass is 294 g/mol. The molecule has 106 valence electrons. The van der Waals surface area contributed by atoms with Crippen LogP contribution in [0.5, 0.6) is 5.75 Å². The van der Waals surface area contributed by atoms with Crippen LogP contribution < -0.4 is 4.74 Å². The van der Waals surface area contributed by atoms with Crippen LogP contribution in [-0.2, 0) is 0 Å². The Kier molecular flexibility index (Phi) is 3.99. The average molecular weight is 295 g/mol. The summed E-state index contributed by atoms with van der Waals surface area (Å²) in [6.07, 6.45) is -0.00877. The van der Waals surface area contributed by atoms with E-state index in [-0.39, 0.29) is 16.8 Å². The number of carboxylic acids is 1. The molecule has 5 nitrogen and oxygen atoms in total. The second kappa shape index (κ2) is 5.54. The van der Waals surface area contributed by atoms with Crippen molar-refractivity contribution in [2.75, 3.05) is 0 Å². The summed E-state index contributed by atoms with van der Waals surface area (Å²) in [7, 11) is 0. The van der Waals surface area contributed by atoms with Crippen molar-refractivity contribution in [2.24, 2.45) is 0 Å². The van der Waals surface area contributed by atoms with E-state index >= 15 is 0 Å². The molecule has 1 heterocycles. The highest BCUT2D eigenvalue weighted by Crippen LogP contribution is 2.29. The molecule has 6 heteroatoms. The summed E-state index contributed by atoms with van der Waals surface area (Å²) in [5.74, 6) is -0.496. The van der Waals surface area contributed by atoms with Gasteiger partial charge in [0.25, 0.3) is 0 Å². The zero-order valence-electron chi connectivity index (χ0n) is 11.4. The van der Waals surface area contributed by atoms with Gasteiger partial charge in [-0.3, -0.25) is 0 Å². The Bertz CT molecular complexity index is 650. The highest BCUT2D eigenvalue weighted by molar-refractivity contribution is 6.33. The lowest BCUT2D eigenvalue weighted by Crippen LogP contribution is -2.09. The third-order valence-electron chi connectivity index (χ3n) is 2.67. The van der Waals surface area contributed by atoms with Crippen molar-refractivity contribution in [1.29, 1.82) is 0 Å². The molecule has 2 rings (SSSR count). The van der Waals surface area contributed by atoms with Crippen molar-refractivity contribution in [2.45, 2.75) is 26.9 Å². The van der Waals surface area contributed by atoms with Crippen LogP contribution in [-0.4, -0.2) is 27.0 Å². The SMILES string of the molecule is Cc1nn(-c2ccccc2OC(C)C)c(Cl)c1C(=O)O. The fraction of sp³-hybridized carbons (Fsp3) is 0.286. The van der Waals surface area contributed by atoms with Gasteiger partial charge in [0.1, 0.15) is 22.2 Å². The van der Waals surface area contributed by atoms with E-state index in [4.69, 9.17) is 21.4 Å². The second-order valence-corrected chi connectivity index (χ2v) is 4.96. The highest BCUT2D eigenvalue weighted by Gasteiger charge is 2.22. The summed E-state index contributed by atoms with van der Waals surface area (Å²) in [5, 5.41) is 13.4. The molecule has 0 bridgehead atoms. The van der Waals surface area contributed by atoms with Gasteiger partial charge in [0.2, 0.25) is 0 Å². The van der Waals surface area contributed by atoms with E-state index in [1.54, 1.807) is 19.1 Å². The Morgan fingerprint density at radius 1 is 1.40 bits per heavy atom. The van der Waals surface area contributed by atoms with Crippen LogP contribution in [0.15, 0.2) is 24.3 Å². The van der Waals surface area contributed by atoms with E-state index in [2.05, 4.69) is 5.10 Å². The molecular formula is C14H15ClN2O3. The lowest BCUT2D eigenvalue weighted by atomic mass is 10.2. The normalized spacial score (nSPS) is 10.8. The molecule has 0 aliphatic heterocycles. The maximum Gasteiger partial charge on any atom is 0.340 e. The number of carbonyl (C=O) groups is 1. The van der Waals surface area contributed by atoms with E-state index in [9.17, 15) is 4.79 Å². The summed E-state index contributed by atoms with van der Waals surface area (Å²) in [6, 6.07) is 7.23. The summed E-state index contributed by atoms with van der Waals surface area (Å²) < 4.78 is 7.08. The lowest BCUT2D eigenvalue weighted by molar-refractivity contribution is 0.0696. The fourth-order valence-electron chi connectivity index (χ4n) is 1.89. The number of nitrogens with zero attached hydrogens (tertiary/aromatic N) is 2. The lowest BCUT2D eigenvalue weighted by Gasteiger charge is -2.14. The van der Waals surface area contributed by atoms with Gasteiger partial charge in [-0.2, -0.15) is 5.10 Å². The predicted octanol–water partition coefficient (Wildman–Crippen LogP) is 3.32. The van der Waals surface area contributed by atoms with Crippen molar-refractivity contribution in [3.05, 3.63) is 40.7 Å². The molecular weight excluding hydrogens is 280 g/mol. The Morgan fingerprint density at radius 2 is 2.05 bits per heavy atom. The second-order valence-electron chi connectivity index (χ2n) is 4.60. The molecule has 0 atom stereocenters. The third kappa shape index (κ3) is 2.63. The molecule has 1 aromatic heterocycles. The van der Waals surface area contributed by atoms with Gasteiger partial charge in [-0.25, -0.2) is 9.48 Å². The molecule has 0 fully saturated rings. The smallest absolute Gasteiger partial charge is 0.340 e. The number of hydrogen-bond donors (Lipinski definition) is 1. The summed E-state index contributed by atoms with van der Waals surface area (Å²) >= 11 is 6.13. The molecule has 1 aromatic carbocycles. The number of hydrogen-bond acceptors (Lipinski definition) is 3. The van der Waals surface area contributed by atoms with Crippen LogP contribution in [0.25, 0.3) is 5.69 Å². The van der Waals surface area contributed by atoms with Crippen LogP contribution in [0.4, 0.5) is 0 Å². The molecule has 0 amide bonds. The quantitative estimate of drug-likeness (QED) is 0.939. The van der Waals surface area contributed by atoms with Crippen molar-refractivity contribution in [1.82, 2.24) is 9.78 Å². The van der Waals surface area contributed by atoms with E-state index in [1.807, 2.05) is 26.0 Å². The van der Waals surface area contributed by atoms with Crippen LogP contribution in [0.3, 0.4) is 0 Å². The van der Waals surface area contributed by atoms with Crippen molar-refractivity contribution in [3.63, 3.8) is 0 Å². The summed E-state index contributed by atoms with van der Waals surface area (Å²) in [5.41, 5.74) is 0.981. The van der Waals surface area contributed by atoms with E-state index in [0.29, 0.717) is 17.1 Å². The maximum atomic E-state index is 11.2. The van der Waals surface area contributed by atoms with Gasteiger partial charge in [0.15, 0.2) is 0 Å². The zero-order valence-corrected chi connectivity index (χ0v) is 12.2. The average Bonchev–Trinajstić information content (AvgIpc) is 2.64. The molecule has 0 aliphatic carbocycles. The number of ether oxygens (including phenoxy) is 1. The van der Waals surface area contributed by atoms with E-state index in [1.165, 1.54) is 4.68 Å². The molecule has 2 aromatic rings. The standard InChI is InChI=1S/C14H15ClN2O3/c1-8(2)20-11-7-5-4-6-10(11)17-13(15)12(14(18)19)9(3)16-17/h4-8H,1-3H3,(H,18,19). The molecule has 1 N–H and O–H groups in total. The molecule has 0 saturated carbocycles. The first-order valence-electron chi connectivity index (χ1n) is 6.16. The number of benzene rings is 1. The molecule has 0 spiro atoms. The largest absolute Gasteiger partial charge is 0.489 e. The van der Waals surface area contributed by atoms with Gasteiger partial charge in [-0.15, -0.1) is 0 Å². The number of aromatic carboxylic acids is 1. The predicted molar refractivity (Wildman–Crippen MR) is 76.0 cm³/mol. The Balaban J connectivity index is 2.58. The fourth-order valence-corrected chi connectivity index (χ4v) is 2.23. The maximum absolute atomic E-state index is 11.2. The first-order chi connectivity index (χ1) is 9.41. The highest BCUT2D eigenvalue weighted by atomic mass is 35.5. The van der Waals surface area contributed by atoms with Gasteiger partial charge >= 0.3 is 5.97 Å². The molecule has 0 radical (unpaired) electrons. The Labute approximate surface area is 121 Å². The Morgan fingerprint density at radius 3 is 2.60 bits per heavy atom. The summed E-state index contributed by atoms with van der Waals surface area (Å²) in [4.78, 5) is 11.2. The number of carboxylic acid groups (broad SMARTS) is 1. The van der Waals surface area contributed by atoms with Crippen LogP contribution in [0.1, 0.15) is 29.9 Å². The first kappa shape index (κ1) is 14.4. The van der Waals surface area contributed by atoms with Crippen LogP contribution >= 0.6 is 11.6 Å². The van der Waals surface area contributed by atoms with E-state index < -0.39 is 5.97 Å². The molecule has 0 unspecified atom stereocenters. The number of aryl methyl sites for hydroxylation is 1. The third-order valence-corrected chi connectivity index (χ3v) is 3.02. The minimum absolute atomic E-state index is 0.00557. The minimum atomic E-state index is -1.10. The molecule has 0 aliphatic rings. The van der Waals surface area contributed by atoms with Gasteiger partial charge in [-0.1, -0.05) is 23.7 Å². The van der Waals surface area contributed by atoms with Crippen molar-refractivity contribution < 1.29 is 14.6 Å². The van der Waals surface area contributed by atoms with Crippen LogP contribution in [0.2, 0.25) is 5.15 Å². The number of para-hydroxylation sites is 2. The molecule has 20 heavy (non-hydrogen) atoms. The molecule has 0 saturated heterocycles. The number of halogens is 1. The topological polar surface area (TPSA) is 64.4 Å². The van der Waals surface area contributed by atoms with Gasteiger partial charge in [-0.05, 0) is 32.9 Å². The van der Waals surface area contributed by atoms with Crippen molar-refractivity contribution >= 4 is 17.6 Å². The van der Waals surface area contributed by atoms with E-state index in [0.717, 1.165) is 0 Å². The zero-order chi connectivity index (χ0) is 14.9. The van der Waals surface area contributed by atoms with Gasteiger partial charge in [0.05, 0.1) is 11.8 Å². The van der Waals surface area contributed by atoms with Crippen LogP contribution in [0, 0.1) is 6.92 Å². The number of rotatable bonds is 4. The van der Waals surface area contributed by atoms with Gasteiger partial charge < -0.3 is 9.84 Å². The Hall–Kier alpha value is -2.01. The first-order valence-corrected chi connectivity index (χ1v) is 6.54.